The number of rotatable bonds is 7. The van der Waals surface area contributed by atoms with E-state index >= 15 is 0 Å². The number of hydrogen-bond acceptors (Lipinski definition) is 6. The second-order valence-electron chi connectivity index (χ2n) is 3.09. The summed E-state index contributed by atoms with van der Waals surface area (Å²) in [5.74, 6) is -0.297. The molecular weight excluding hydrogens is 226 g/mol. The van der Waals surface area contributed by atoms with Crippen molar-refractivity contribution >= 4 is 11.9 Å². The van der Waals surface area contributed by atoms with Crippen LogP contribution < -0.4 is 10.1 Å². The Morgan fingerprint density at radius 3 is 3.00 bits per heavy atom. The first-order valence-corrected chi connectivity index (χ1v) is 5.12. The summed E-state index contributed by atoms with van der Waals surface area (Å²) in [6, 6.07) is 1.62. The van der Waals surface area contributed by atoms with Gasteiger partial charge in [0, 0.05) is 19.4 Å². The van der Waals surface area contributed by atoms with Crippen LogP contribution in [0.25, 0.3) is 0 Å². The SMILES string of the molecule is CCOc1ccnc(NCC(OC)C(=O)O)n1. The molecule has 0 saturated heterocycles. The molecule has 1 heterocycles. The van der Waals surface area contributed by atoms with Crippen LogP contribution in [0.5, 0.6) is 5.88 Å². The van der Waals surface area contributed by atoms with Crippen LogP contribution in [-0.4, -0.2) is 47.4 Å². The molecule has 1 rings (SSSR count). The van der Waals surface area contributed by atoms with Gasteiger partial charge in [-0.15, -0.1) is 0 Å². The van der Waals surface area contributed by atoms with Gasteiger partial charge >= 0.3 is 5.97 Å². The molecule has 17 heavy (non-hydrogen) atoms. The van der Waals surface area contributed by atoms with Crippen LogP contribution in [0.1, 0.15) is 6.92 Å². The van der Waals surface area contributed by atoms with E-state index in [1.165, 1.54) is 13.3 Å². The first-order chi connectivity index (χ1) is 8.17. The third-order valence-corrected chi connectivity index (χ3v) is 1.93. The topological polar surface area (TPSA) is 93.6 Å². The lowest BCUT2D eigenvalue weighted by molar-refractivity contribution is -0.147. The molecule has 0 fully saturated rings. The van der Waals surface area contributed by atoms with Crippen LogP contribution in [0.3, 0.4) is 0 Å². The summed E-state index contributed by atoms with van der Waals surface area (Å²) in [6.45, 7) is 2.44. The largest absolute Gasteiger partial charge is 0.479 e. The van der Waals surface area contributed by atoms with Crippen molar-refractivity contribution in [3.8, 4) is 5.88 Å². The number of methoxy groups -OCH3 is 1. The van der Waals surface area contributed by atoms with Gasteiger partial charge in [-0.25, -0.2) is 9.78 Å². The predicted molar refractivity (Wildman–Crippen MR) is 60.1 cm³/mol. The number of aromatic nitrogens is 2. The molecule has 0 amide bonds. The lowest BCUT2D eigenvalue weighted by Gasteiger charge is -2.11. The number of nitrogens with one attached hydrogen (secondary N) is 1. The summed E-state index contributed by atoms with van der Waals surface area (Å²) < 4.78 is 9.95. The molecule has 1 aromatic rings. The lowest BCUT2D eigenvalue weighted by Crippen LogP contribution is -2.30. The molecule has 2 N–H and O–H groups in total. The maximum absolute atomic E-state index is 10.7. The van der Waals surface area contributed by atoms with Gasteiger partial charge in [-0.05, 0) is 6.92 Å². The Kier molecular flexibility index (Phi) is 5.15. The molecule has 7 nitrogen and oxygen atoms in total. The minimum Gasteiger partial charge on any atom is -0.479 e. The molecule has 0 aliphatic rings. The van der Waals surface area contributed by atoms with E-state index in [0.717, 1.165) is 0 Å². The van der Waals surface area contributed by atoms with Gasteiger partial charge in [0.15, 0.2) is 6.10 Å². The Bertz CT molecular complexity index is 372. The van der Waals surface area contributed by atoms with Gasteiger partial charge in [0.1, 0.15) is 0 Å². The number of carboxylic acids is 1. The molecule has 1 unspecified atom stereocenters. The van der Waals surface area contributed by atoms with Crippen molar-refractivity contribution in [2.75, 3.05) is 25.6 Å². The summed E-state index contributed by atoms with van der Waals surface area (Å²) in [6.07, 6.45) is 0.595. The van der Waals surface area contributed by atoms with Crippen LogP contribution in [0.2, 0.25) is 0 Å². The fraction of sp³-hybridized carbons (Fsp3) is 0.500. The number of ether oxygens (including phenoxy) is 2. The Labute approximate surface area is 98.8 Å². The first kappa shape index (κ1) is 13.2. The highest BCUT2D eigenvalue weighted by Gasteiger charge is 2.16. The van der Waals surface area contributed by atoms with Crippen molar-refractivity contribution < 1.29 is 19.4 Å². The zero-order valence-electron chi connectivity index (χ0n) is 9.71. The Hall–Kier alpha value is -1.89. The van der Waals surface area contributed by atoms with Gasteiger partial charge in [-0.3, -0.25) is 0 Å². The number of anilines is 1. The number of nitrogens with zero attached hydrogens (tertiary/aromatic N) is 2. The Morgan fingerprint density at radius 1 is 1.65 bits per heavy atom. The first-order valence-electron chi connectivity index (χ1n) is 5.12. The van der Waals surface area contributed by atoms with Crippen molar-refractivity contribution in [1.82, 2.24) is 9.97 Å². The molecule has 0 bridgehead atoms. The number of carbonyl (C=O) groups is 1. The van der Waals surface area contributed by atoms with Crippen molar-refractivity contribution in [3.05, 3.63) is 12.3 Å². The van der Waals surface area contributed by atoms with E-state index in [4.69, 9.17) is 14.6 Å². The quantitative estimate of drug-likeness (QED) is 0.713. The summed E-state index contributed by atoms with van der Waals surface area (Å²) in [5.41, 5.74) is 0. The van der Waals surface area contributed by atoms with E-state index < -0.39 is 12.1 Å². The van der Waals surface area contributed by atoms with Gasteiger partial charge in [0.25, 0.3) is 0 Å². The van der Waals surface area contributed by atoms with Gasteiger partial charge in [-0.1, -0.05) is 0 Å². The van der Waals surface area contributed by atoms with Crippen LogP contribution in [0, 0.1) is 0 Å². The standard InChI is InChI=1S/C10H15N3O4/c1-3-17-8-4-5-11-10(13-8)12-6-7(16-2)9(14)15/h4-5,7H,3,6H2,1-2H3,(H,14,15)(H,11,12,13). The highest BCUT2D eigenvalue weighted by molar-refractivity contribution is 5.73. The minimum absolute atomic E-state index is 0.0847. The molecule has 0 aliphatic carbocycles. The van der Waals surface area contributed by atoms with E-state index in [0.29, 0.717) is 18.4 Å². The maximum atomic E-state index is 10.7. The highest BCUT2D eigenvalue weighted by Crippen LogP contribution is 2.08. The van der Waals surface area contributed by atoms with Gasteiger partial charge in [0.2, 0.25) is 11.8 Å². The predicted octanol–water partition coefficient (Wildman–Crippen LogP) is 0.387. The molecule has 0 aromatic carbocycles. The van der Waals surface area contributed by atoms with Gasteiger partial charge in [0.05, 0.1) is 13.2 Å². The normalized spacial score (nSPS) is 11.9. The zero-order valence-corrected chi connectivity index (χ0v) is 9.71. The molecular formula is C10H15N3O4. The number of carboxylic acid groups (broad SMARTS) is 1. The zero-order chi connectivity index (χ0) is 12.7. The molecule has 7 heteroatoms. The number of hydrogen-bond donors (Lipinski definition) is 2. The van der Waals surface area contributed by atoms with Crippen molar-refractivity contribution in [2.45, 2.75) is 13.0 Å². The molecule has 0 radical (unpaired) electrons. The van der Waals surface area contributed by atoms with Crippen molar-refractivity contribution in [3.63, 3.8) is 0 Å². The maximum Gasteiger partial charge on any atom is 0.334 e. The summed E-state index contributed by atoms with van der Waals surface area (Å²) >= 11 is 0. The average Bonchev–Trinajstić information content (AvgIpc) is 2.30. The number of aliphatic carboxylic acids is 1. The fourth-order valence-electron chi connectivity index (χ4n) is 1.11. The lowest BCUT2D eigenvalue weighted by atomic mass is 10.3. The third kappa shape index (κ3) is 4.23. The summed E-state index contributed by atoms with van der Waals surface area (Å²) in [7, 11) is 1.33. The van der Waals surface area contributed by atoms with E-state index in [1.54, 1.807) is 6.07 Å². The second-order valence-corrected chi connectivity index (χ2v) is 3.09. The van der Waals surface area contributed by atoms with Crippen LogP contribution in [0.4, 0.5) is 5.95 Å². The van der Waals surface area contributed by atoms with Crippen molar-refractivity contribution in [1.29, 1.82) is 0 Å². The van der Waals surface area contributed by atoms with Crippen LogP contribution in [-0.2, 0) is 9.53 Å². The molecule has 1 aromatic heterocycles. The molecule has 94 valence electrons. The van der Waals surface area contributed by atoms with E-state index in [2.05, 4.69) is 15.3 Å². The fourth-order valence-corrected chi connectivity index (χ4v) is 1.11. The molecule has 0 spiro atoms. The van der Waals surface area contributed by atoms with E-state index in [9.17, 15) is 4.79 Å². The smallest absolute Gasteiger partial charge is 0.334 e. The molecule has 1 atom stereocenters. The third-order valence-electron chi connectivity index (χ3n) is 1.93. The van der Waals surface area contributed by atoms with Gasteiger partial charge < -0.3 is 19.9 Å². The molecule has 0 aliphatic heterocycles. The average molecular weight is 241 g/mol. The second kappa shape index (κ2) is 6.64. The van der Waals surface area contributed by atoms with E-state index in [-0.39, 0.29) is 6.54 Å². The minimum atomic E-state index is -1.04. The van der Waals surface area contributed by atoms with Crippen LogP contribution in [0.15, 0.2) is 12.3 Å². The van der Waals surface area contributed by atoms with E-state index in [1.807, 2.05) is 6.92 Å². The van der Waals surface area contributed by atoms with Crippen molar-refractivity contribution in [2.24, 2.45) is 0 Å². The summed E-state index contributed by atoms with van der Waals surface area (Å²) in [4.78, 5) is 18.7. The molecule has 0 saturated carbocycles. The van der Waals surface area contributed by atoms with Crippen LogP contribution >= 0.6 is 0 Å². The summed E-state index contributed by atoms with van der Waals surface area (Å²) in [5, 5.41) is 11.5. The highest BCUT2D eigenvalue weighted by atomic mass is 16.5. The Balaban J connectivity index is 2.56. The monoisotopic (exact) mass is 241 g/mol. The van der Waals surface area contributed by atoms with Gasteiger partial charge in [-0.2, -0.15) is 4.98 Å². The Morgan fingerprint density at radius 2 is 2.41 bits per heavy atom.